The van der Waals surface area contributed by atoms with E-state index >= 15 is 0 Å². The molecule has 3 aromatic heterocycles. The molecule has 0 saturated carbocycles. The van der Waals surface area contributed by atoms with Crippen molar-refractivity contribution >= 4 is 11.7 Å². The van der Waals surface area contributed by atoms with Gasteiger partial charge in [0.1, 0.15) is 22.9 Å². The van der Waals surface area contributed by atoms with Gasteiger partial charge < -0.3 is 19.5 Å². The van der Waals surface area contributed by atoms with Crippen LogP contribution in [0.3, 0.4) is 0 Å². The normalized spacial score (nSPS) is 19.4. The number of carbonyl (C=O) groups excluding carboxylic acids is 1. The molecule has 1 aliphatic rings. The lowest BCUT2D eigenvalue weighted by molar-refractivity contribution is -0.174. The van der Waals surface area contributed by atoms with Crippen LogP contribution >= 0.6 is 0 Å². The average molecular weight is 380 g/mol. The van der Waals surface area contributed by atoms with Gasteiger partial charge in [-0.15, -0.1) is 0 Å². The fourth-order valence-corrected chi connectivity index (χ4v) is 3.08. The van der Waals surface area contributed by atoms with Crippen LogP contribution in [0.5, 0.6) is 0 Å². The maximum Gasteiger partial charge on any atom is 0.410 e. The van der Waals surface area contributed by atoms with Gasteiger partial charge in [-0.1, -0.05) is 0 Å². The van der Waals surface area contributed by atoms with Crippen LogP contribution in [0.2, 0.25) is 0 Å². The third kappa shape index (κ3) is 3.29. The molecule has 0 bridgehead atoms. The summed E-state index contributed by atoms with van der Waals surface area (Å²) in [6, 6.07) is 3.95. The molecule has 27 heavy (non-hydrogen) atoms. The highest BCUT2D eigenvalue weighted by Crippen LogP contribution is 2.44. The van der Waals surface area contributed by atoms with E-state index in [0.29, 0.717) is 11.5 Å². The average Bonchev–Trinajstić information content (AvgIpc) is 3.39. The monoisotopic (exact) mass is 380 g/mol. The Morgan fingerprint density at radius 3 is 2.74 bits per heavy atom. The van der Waals surface area contributed by atoms with E-state index in [2.05, 4.69) is 15.7 Å². The van der Waals surface area contributed by atoms with Crippen molar-refractivity contribution in [2.24, 2.45) is 0 Å². The van der Waals surface area contributed by atoms with Crippen molar-refractivity contribution in [3.63, 3.8) is 0 Å². The van der Waals surface area contributed by atoms with Crippen LogP contribution in [0.25, 0.3) is 0 Å². The number of anilines is 1. The molecule has 0 spiro atoms. The van der Waals surface area contributed by atoms with E-state index in [0.717, 1.165) is 10.9 Å². The molecule has 0 radical (unpaired) electrons. The van der Waals surface area contributed by atoms with Gasteiger partial charge in [0.15, 0.2) is 6.04 Å². The predicted octanol–water partition coefficient (Wildman–Crippen LogP) is 3.66. The van der Waals surface area contributed by atoms with Gasteiger partial charge >= 0.3 is 6.18 Å². The molecule has 4 heterocycles. The van der Waals surface area contributed by atoms with Crippen molar-refractivity contribution in [1.82, 2.24) is 15.1 Å². The standard InChI is InChI=1S/C17H15F3N4O3/c18-17(19,20)14-7-12(13-4-2-6-27-13)23-15-11(9-22-24(14)15)16(25)21-8-10-3-1-5-26-10/h1-6,9,12,14,23H,7-8H2,(H,21,25)/t12-,14-/m1/s1. The zero-order chi connectivity index (χ0) is 19.0. The lowest BCUT2D eigenvalue weighted by Crippen LogP contribution is -2.36. The maximum absolute atomic E-state index is 13.5. The largest absolute Gasteiger partial charge is 0.467 e. The summed E-state index contributed by atoms with van der Waals surface area (Å²) < 4.78 is 51.8. The molecule has 0 aliphatic carbocycles. The second-order valence-corrected chi connectivity index (χ2v) is 6.12. The van der Waals surface area contributed by atoms with Crippen molar-refractivity contribution < 1.29 is 26.8 Å². The van der Waals surface area contributed by atoms with E-state index in [1.54, 1.807) is 24.3 Å². The minimum atomic E-state index is -4.52. The van der Waals surface area contributed by atoms with Crippen molar-refractivity contribution in [3.8, 4) is 0 Å². The molecule has 4 rings (SSSR count). The molecule has 2 atom stereocenters. The fraction of sp³-hybridized carbons (Fsp3) is 0.294. The molecule has 7 nitrogen and oxygen atoms in total. The van der Waals surface area contributed by atoms with Crippen LogP contribution < -0.4 is 10.6 Å². The molecule has 1 aliphatic heterocycles. The van der Waals surface area contributed by atoms with Crippen molar-refractivity contribution in [3.05, 3.63) is 60.1 Å². The van der Waals surface area contributed by atoms with Gasteiger partial charge in [0.25, 0.3) is 5.91 Å². The number of hydrogen-bond acceptors (Lipinski definition) is 5. The SMILES string of the molecule is O=C(NCc1ccco1)c1cnn2c1N[C@@H](c1ccco1)C[C@@H]2C(F)(F)F. The Morgan fingerprint density at radius 2 is 2.07 bits per heavy atom. The van der Waals surface area contributed by atoms with Crippen LogP contribution in [-0.2, 0) is 6.54 Å². The molecule has 2 N–H and O–H groups in total. The molecular weight excluding hydrogens is 365 g/mol. The second kappa shape index (κ2) is 6.53. The second-order valence-electron chi connectivity index (χ2n) is 6.12. The van der Waals surface area contributed by atoms with Crippen molar-refractivity contribution in [1.29, 1.82) is 0 Å². The van der Waals surface area contributed by atoms with Crippen molar-refractivity contribution in [2.75, 3.05) is 5.32 Å². The Labute approximate surface area is 151 Å². The minimum Gasteiger partial charge on any atom is -0.467 e. The van der Waals surface area contributed by atoms with E-state index in [9.17, 15) is 18.0 Å². The third-order valence-corrected chi connectivity index (χ3v) is 4.37. The van der Waals surface area contributed by atoms with Crippen LogP contribution in [0.15, 0.2) is 51.8 Å². The molecule has 0 saturated heterocycles. The smallest absolute Gasteiger partial charge is 0.410 e. The van der Waals surface area contributed by atoms with E-state index in [-0.39, 0.29) is 24.3 Å². The van der Waals surface area contributed by atoms with Gasteiger partial charge in [0.05, 0.1) is 31.3 Å². The predicted molar refractivity (Wildman–Crippen MR) is 86.9 cm³/mol. The van der Waals surface area contributed by atoms with E-state index in [1.807, 2.05) is 0 Å². The van der Waals surface area contributed by atoms with Crippen LogP contribution in [0.4, 0.5) is 19.0 Å². The zero-order valence-corrected chi connectivity index (χ0v) is 13.9. The first kappa shape index (κ1) is 17.3. The Kier molecular flexibility index (Phi) is 4.17. The summed E-state index contributed by atoms with van der Waals surface area (Å²) in [5, 5.41) is 9.36. The Hall–Kier alpha value is -3.17. The summed E-state index contributed by atoms with van der Waals surface area (Å²) >= 11 is 0. The molecular formula is C17H15F3N4O3. The summed E-state index contributed by atoms with van der Waals surface area (Å²) in [6.07, 6.45) is -0.826. The molecule has 10 heteroatoms. The molecule has 142 valence electrons. The molecule has 0 unspecified atom stereocenters. The summed E-state index contributed by atoms with van der Waals surface area (Å²) in [6.45, 7) is 0.112. The zero-order valence-electron chi connectivity index (χ0n) is 13.9. The number of nitrogens with zero attached hydrogens (tertiary/aromatic N) is 2. The summed E-state index contributed by atoms with van der Waals surface area (Å²) in [7, 11) is 0. The number of rotatable bonds is 4. The number of nitrogens with one attached hydrogen (secondary N) is 2. The number of aromatic nitrogens is 2. The minimum absolute atomic E-state index is 0.00178. The first-order valence-corrected chi connectivity index (χ1v) is 8.18. The van der Waals surface area contributed by atoms with Crippen LogP contribution in [-0.4, -0.2) is 21.9 Å². The molecule has 1 amide bonds. The van der Waals surface area contributed by atoms with Gasteiger partial charge in [-0.3, -0.25) is 4.79 Å². The van der Waals surface area contributed by atoms with Crippen LogP contribution in [0, 0.1) is 0 Å². The highest BCUT2D eigenvalue weighted by atomic mass is 19.4. The third-order valence-electron chi connectivity index (χ3n) is 4.37. The van der Waals surface area contributed by atoms with Gasteiger partial charge in [0, 0.05) is 6.42 Å². The van der Waals surface area contributed by atoms with E-state index < -0.39 is 24.2 Å². The summed E-state index contributed by atoms with van der Waals surface area (Å²) in [4.78, 5) is 12.5. The number of fused-ring (bicyclic) bond motifs is 1. The number of amides is 1. The number of halogens is 3. The van der Waals surface area contributed by atoms with Crippen molar-refractivity contribution in [2.45, 2.75) is 31.2 Å². The fourth-order valence-electron chi connectivity index (χ4n) is 3.08. The number of hydrogen-bond donors (Lipinski definition) is 2. The Morgan fingerprint density at radius 1 is 1.30 bits per heavy atom. The number of alkyl halides is 3. The highest BCUT2D eigenvalue weighted by Gasteiger charge is 2.47. The lowest BCUT2D eigenvalue weighted by Gasteiger charge is -2.32. The highest BCUT2D eigenvalue weighted by molar-refractivity contribution is 5.98. The maximum atomic E-state index is 13.5. The van der Waals surface area contributed by atoms with Gasteiger partial charge in [0.2, 0.25) is 0 Å². The first-order chi connectivity index (χ1) is 12.9. The topological polar surface area (TPSA) is 85.2 Å². The summed E-state index contributed by atoms with van der Waals surface area (Å²) in [5.74, 6) is 0.334. The van der Waals surface area contributed by atoms with Crippen LogP contribution in [0.1, 0.15) is 40.4 Å². The Bertz CT molecular complexity index is 916. The van der Waals surface area contributed by atoms with E-state index in [1.165, 1.54) is 12.5 Å². The van der Waals surface area contributed by atoms with Gasteiger partial charge in [-0.2, -0.15) is 18.3 Å². The quantitative estimate of drug-likeness (QED) is 0.722. The Balaban J connectivity index is 1.63. The summed E-state index contributed by atoms with van der Waals surface area (Å²) in [5.41, 5.74) is 0.0204. The molecule has 0 aromatic carbocycles. The number of furan rings is 2. The van der Waals surface area contributed by atoms with Gasteiger partial charge in [-0.25, -0.2) is 4.68 Å². The molecule has 3 aromatic rings. The van der Waals surface area contributed by atoms with Gasteiger partial charge in [-0.05, 0) is 24.3 Å². The lowest BCUT2D eigenvalue weighted by atomic mass is 10.0. The first-order valence-electron chi connectivity index (χ1n) is 8.18. The molecule has 0 fully saturated rings. The number of carbonyl (C=O) groups is 1. The van der Waals surface area contributed by atoms with E-state index in [4.69, 9.17) is 8.83 Å².